The molecule has 210 valence electrons. The number of unbranched alkanes of at least 4 members (excludes halogenated alkanes) is 6. The molecule has 0 N–H and O–H groups in total. The minimum Gasteiger partial charge on any atom is -0.494 e. The highest BCUT2D eigenvalue weighted by atomic mass is 16.5. The van der Waals surface area contributed by atoms with Gasteiger partial charge in [-0.2, -0.15) is 5.26 Å². The monoisotopic (exact) mass is 541 g/mol. The standard InChI is InChI=1S/C34H39NO5/c1-4-6-7-8-9-10-11-24-38-29-18-16-27(17-19-29)26-12-14-28(15-13-26)32(36)39-30-20-22-31(23-21-30)40-33(37)34(3,5-2)25-35/h12-23H,4-11,24H2,1-3H3. The third kappa shape index (κ3) is 8.98. The van der Waals surface area contributed by atoms with Crippen molar-refractivity contribution in [3.8, 4) is 34.4 Å². The van der Waals surface area contributed by atoms with E-state index in [9.17, 15) is 14.9 Å². The highest BCUT2D eigenvalue weighted by Gasteiger charge is 2.33. The van der Waals surface area contributed by atoms with E-state index in [2.05, 4.69) is 6.92 Å². The number of hydrogen-bond acceptors (Lipinski definition) is 6. The Hall–Kier alpha value is -4.11. The van der Waals surface area contributed by atoms with Crippen LogP contribution in [0.5, 0.6) is 17.2 Å². The molecular weight excluding hydrogens is 502 g/mol. The summed E-state index contributed by atoms with van der Waals surface area (Å²) in [6, 6.07) is 23.3. The van der Waals surface area contributed by atoms with E-state index in [1.165, 1.54) is 50.7 Å². The summed E-state index contributed by atoms with van der Waals surface area (Å²) in [7, 11) is 0. The van der Waals surface area contributed by atoms with Gasteiger partial charge in [-0.25, -0.2) is 9.59 Å². The van der Waals surface area contributed by atoms with Crippen molar-refractivity contribution in [1.29, 1.82) is 5.26 Å². The highest BCUT2D eigenvalue weighted by molar-refractivity contribution is 5.91. The molecule has 1 atom stereocenters. The molecule has 6 nitrogen and oxygen atoms in total. The van der Waals surface area contributed by atoms with Gasteiger partial charge in [-0.3, -0.25) is 0 Å². The molecule has 3 aromatic rings. The number of carbonyl (C=O) groups excluding carboxylic acids is 2. The molecule has 0 bridgehead atoms. The third-order valence-corrected chi connectivity index (χ3v) is 6.97. The van der Waals surface area contributed by atoms with Crippen molar-refractivity contribution in [2.45, 2.75) is 72.1 Å². The summed E-state index contributed by atoms with van der Waals surface area (Å²) >= 11 is 0. The van der Waals surface area contributed by atoms with Gasteiger partial charge < -0.3 is 14.2 Å². The van der Waals surface area contributed by atoms with E-state index < -0.39 is 17.4 Å². The first-order chi connectivity index (χ1) is 19.4. The Bertz CT molecular complexity index is 1260. The zero-order valence-electron chi connectivity index (χ0n) is 23.8. The predicted octanol–water partition coefficient (Wildman–Crippen LogP) is 8.55. The number of ether oxygens (including phenoxy) is 3. The number of nitrogens with zero attached hydrogens (tertiary/aromatic N) is 1. The summed E-state index contributed by atoms with van der Waals surface area (Å²) in [5.41, 5.74) is 1.23. The Morgan fingerprint density at radius 1 is 0.700 bits per heavy atom. The lowest BCUT2D eigenvalue weighted by atomic mass is 9.90. The first-order valence-electron chi connectivity index (χ1n) is 14.2. The predicted molar refractivity (Wildman–Crippen MR) is 156 cm³/mol. The zero-order valence-corrected chi connectivity index (χ0v) is 23.8. The van der Waals surface area contributed by atoms with E-state index in [-0.39, 0.29) is 5.75 Å². The van der Waals surface area contributed by atoms with Crippen molar-refractivity contribution in [1.82, 2.24) is 0 Å². The third-order valence-electron chi connectivity index (χ3n) is 6.97. The maximum Gasteiger partial charge on any atom is 0.343 e. The molecule has 0 aliphatic heterocycles. The fourth-order valence-electron chi connectivity index (χ4n) is 4.02. The van der Waals surface area contributed by atoms with Crippen LogP contribution in [0, 0.1) is 16.7 Å². The van der Waals surface area contributed by atoms with Crippen LogP contribution in [0.4, 0.5) is 0 Å². The lowest BCUT2D eigenvalue weighted by Crippen LogP contribution is -2.29. The SMILES string of the molecule is CCCCCCCCCOc1ccc(-c2ccc(C(=O)Oc3ccc(OC(=O)C(C)(C#N)CC)cc3)cc2)cc1. The molecule has 40 heavy (non-hydrogen) atoms. The molecule has 0 spiro atoms. The largest absolute Gasteiger partial charge is 0.494 e. The van der Waals surface area contributed by atoms with E-state index in [1.54, 1.807) is 38.1 Å². The summed E-state index contributed by atoms with van der Waals surface area (Å²) in [6.07, 6.45) is 9.15. The van der Waals surface area contributed by atoms with Gasteiger partial charge in [0.2, 0.25) is 0 Å². The maximum absolute atomic E-state index is 12.6. The second kappa shape index (κ2) is 15.5. The fourth-order valence-corrected chi connectivity index (χ4v) is 4.02. The average molecular weight is 542 g/mol. The highest BCUT2D eigenvalue weighted by Crippen LogP contribution is 2.26. The lowest BCUT2D eigenvalue weighted by molar-refractivity contribution is -0.142. The molecule has 0 fully saturated rings. The van der Waals surface area contributed by atoms with Gasteiger partial charge in [-0.15, -0.1) is 0 Å². The molecule has 0 aliphatic rings. The molecule has 0 aromatic heterocycles. The van der Waals surface area contributed by atoms with Crippen LogP contribution in [0.15, 0.2) is 72.8 Å². The second-order valence-electron chi connectivity index (χ2n) is 10.1. The Morgan fingerprint density at radius 2 is 1.20 bits per heavy atom. The van der Waals surface area contributed by atoms with Gasteiger partial charge in [-0.05, 0) is 79.4 Å². The van der Waals surface area contributed by atoms with Gasteiger partial charge in [-0.1, -0.05) is 76.6 Å². The van der Waals surface area contributed by atoms with Gasteiger partial charge in [0, 0.05) is 0 Å². The van der Waals surface area contributed by atoms with Gasteiger partial charge in [0.25, 0.3) is 0 Å². The molecule has 1 unspecified atom stereocenters. The average Bonchev–Trinajstić information content (AvgIpc) is 2.99. The van der Waals surface area contributed by atoms with Gasteiger partial charge in [0.1, 0.15) is 17.2 Å². The number of benzene rings is 3. The summed E-state index contributed by atoms with van der Waals surface area (Å²) in [5.74, 6) is 0.347. The van der Waals surface area contributed by atoms with E-state index >= 15 is 0 Å². The van der Waals surface area contributed by atoms with E-state index in [0.717, 1.165) is 29.9 Å². The lowest BCUT2D eigenvalue weighted by Gasteiger charge is -2.17. The summed E-state index contributed by atoms with van der Waals surface area (Å²) < 4.78 is 16.6. The molecule has 3 aromatic carbocycles. The van der Waals surface area contributed by atoms with Crippen molar-refractivity contribution < 1.29 is 23.8 Å². The molecular formula is C34H39NO5. The van der Waals surface area contributed by atoms with Crippen LogP contribution in [0.1, 0.15) is 82.5 Å². The normalized spacial score (nSPS) is 12.2. The summed E-state index contributed by atoms with van der Waals surface area (Å²) in [6.45, 7) is 6.26. The van der Waals surface area contributed by atoms with Crippen LogP contribution in [0.2, 0.25) is 0 Å². The summed E-state index contributed by atoms with van der Waals surface area (Å²) in [4.78, 5) is 24.9. The first kappa shape index (κ1) is 30.4. The van der Waals surface area contributed by atoms with E-state index in [1.807, 2.05) is 42.5 Å². The van der Waals surface area contributed by atoms with Crippen LogP contribution >= 0.6 is 0 Å². The van der Waals surface area contributed by atoms with Crippen LogP contribution in [-0.4, -0.2) is 18.5 Å². The minimum absolute atomic E-state index is 0.276. The minimum atomic E-state index is -1.21. The molecule has 3 rings (SSSR count). The van der Waals surface area contributed by atoms with Crippen molar-refractivity contribution in [2.24, 2.45) is 5.41 Å². The van der Waals surface area contributed by atoms with Gasteiger partial charge >= 0.3 is 11.9 Å². The van der Waals surface area contributed by atoms with Crippen LogP contribution in [-0.2, 0) is 4.79 Å². The number of esters is 2. The smallest absolute Gasteiger partial charge is 0.343 e. The molecule has 0 aliphatic carbocycles. The quantitative estimate of drug-likeness (QED) is 0.109. The molecule has 0 radical (unpaired) electrons. The van der Waals surface area contributed by atoms with Crippen molar-refractivity contribution >= 4 is 11.9 Å². The number of carbonyl (C=O) groups is 2. The molecule has 0 saturated heterocycles. The molecule has 0 amide bonds. The zero-order chi connectivity index (χ0) is 28.8. The van der Waals surface area contributed by atoms with Crippen molar-refractivity contribution in [3.63, 3.8) is 0 Å². The number of nitriles is 1. The Kier molecular flexibility index (Phi) is 11.8. The first-order valence-corrected chi connectivity index (χ1v) is 14.2. The van der Waals surface area contributed by atoms with Crippen LogP contribution in [0.3, 0.4) is 0 Å². The maximum atomic E-state index is 12.6. The fraction of sp³-hybridized carbons (Fsp3) is 0.382. The Labute approximate surface area is 237 Å². The van der Waals surface area contributed by atoms with Crippen molar-refractivity contribution in [2.75, 3.05) is 6.61 Å². The van der Waals surface area contributed by atoms with Crippen LogP contribution < -0.4 is 14.2 Å². The summed E-state index contributed by atoms with van der Waals surface area (Å²) in [5, 5.41) is 9.23. The van der Waals surface area contributed by atoms with E-state index in [4.69, 9.17) is 14.2 Å². The van der Waals surface area contributed by atoms with Crippen molar-refractivity contribution in [3.05, 3.63) is 78.4 Å². The molecule has 0 heterocycles. The number of hydrogen-bond donors (Lipinski definition) is 0. The number of rotatable bonds is 15. The molecule has 6 heteroatoms. The molecule has 0 saturated carbocycles. The van der Waals surface area contributed by atoms with Gasteiger partial charge in [0.05, 0.1) is 18.2 Å². The topological polar surface area (TPSA) is 85.6 Å². The Morgan fingerprint density at radius 3 is 1.75 bits per heavy atom. The Balaban J connectivity index is 1.47. The van der Waals surface area contributed by atoms with Crippen LogP contribution in [0.25, 0.3) is 11.1 Å². The van der Waals surface area contributed by atoms with E-state index in [0.29, 0.717) is 17.7 Å². The second-order valence-corrected chi connectivity index (χ2v) is 10.1. The van der Waals surface area contributed by atoms with Gasteiger partial charge in [0.15, 0.2) is 5.41 Å².